The molecule has 0 radical (unpaired) electrons. The first-order valence-corrected chi connectivity index (χ1v) is 7.10. The number of carbonyl (C=O) groups is 1. The minimum Gasteiger partial charge on any atom is -0.486 e. The van der Waals surface area contributed by atoms with E-state index >= 15 is 0 Å². The zero-order valence-electron chi connectivity index (χ0n) is 12.0. The lowest BCUT2D eigenvalue weighted by Crippen LogP contribution is -2.41. The highest BCUT2D eigenvalue weighted by molar-refractivity contribution is 5.85. The number of amides is 1. The van der Waals surface area contributed by atoms with E-state index in [0.29, 0.717) is 19.1 Å². The summed E-state index contributed by atoms with van der Waals surface area (Å²) in [6.45, 7) is 2.85. The zero-order chi connectivity index (χ0) is 14.1. The van der Waals surface area contributed by atoms with E-state index < -0.39 is 6.04 Å². The van der Waals surface area contributed by atoms with E-state index in [1.54, 1.807) is 6.92 Å². The lowest BCUT2D eigenvalue weighted by molar-refractivity contribution is -0.122. The van der Waals surface area contributed by atoms with Crippen LogP contribution in [-0.2, 0) is 4.79 Å². The molecule has 2 aliphatic rings. The van der Waals surface area contributed by atoms with Gasteiger partial charge in [0.25, 0.3) is 0 Å². The molecule has 6 heteroatoms. The third-order valence-corrected chi connectivity index (χ3v) is 3.73. The van der Waals surface area contributed by atoms with E-state index in [0.717, 1.165) is 29.9 Å². The van der Waals surface area contributed by atoms with Crippen molar-refractivity contribution < 1.29 is 14.3 Å². The number of hydrogen-bond donors (Lipinski definition) is 2. The topological polar surface area (TPSA) is 73.6 Å². The van der Waals surface area contributed by atoms with Gasteiger partial charge in [0, 0.05) is 0 Å². The van der Waals surface area contributed by atoms with Gasteiger partial charge in [-0.1, -0.05) is 6.07 Å². The predicted octanol–water partition coefficient (Wildman–Crippen LogP) is 1.79. The van der Waals surface area contributed by atoms with Gasteiger partial charge in [-0.3, -0.25) is 4.79 Å². The standard InChI is InChI=1S/C15H20N2O3.ClH/c1-9(16)15(18)17-14(10-2-3-10)11-4-5-12-13(8-11)20-7-6-19-12;/h4-5,8-10,14H,2-3,6-7,16H2,1H3,(H,17,18);1H/t9-,14?;/m1./s1. The van der Waals surface area contributed by atoms with Gasteiger partial charge in [0.2, 0.25) is 5.91 Å². The Labute approximate surface area is 130 Å². The minimum absolute atomic E-state index is 0. The maximum absolute atomic E-state index is 11.9. The van der Waals surface area contributed by atoms with Crippen LogP contribution in [0.1, 0.15) is 31.4 Å². The SMILES string of the molecule is C[C@@H](N)C(=O)NC(c1ccc2c(c1)OCCO2)C1CC1.Cl. The van der Waals surface area contributed by atoms with Crippen molar-refractivity contribution in [1.82, 2.24) is 5.32 Å². The van der Waals surface area contributed by atoms with Crippen molar-refractivity contribution in [1.29, 1.82) is 0 Å². The Morgan fingerprint density at radius 2 is 1.95 bits per heavy atom. The number of hydrogen-bond acceptors (Lipinski definition) is 4. The molecule has 0 bridgehead atoms. The van der Waals surface area contributed by atoms with Crippen LogP contribution in [0.25, 0.3) is 0 Å². The normalized spacial score (nSPS) is 19.1. The van der Waals surface area contributed by atoms with Crippen LogP contribution in [0.2, 0.25) is 0 Å². The number of rotatable bonds is 4. The third-order valence-electron chi connectivity index (χ3n) is 3.73. The second-order valence-corrected chi connectivity index (χ2v) is 5.52. The molecule has 1 aliphatic carbocycles. The summed E-state index contributed by atoms with van der Waals surface area (Å²) in [5, 5.41) is 3.04. The van der Waals surface area contributed by atoms with Crippen LogP contribution in [0.5, 0.6) is 11.5 Å². The van der Waals surface area contributed by atoms with Gasteiger partial charge in [-0.15, -0.1) is 12.4 Å². The first kappa shape index (κ1) is 15.9. The number of fused-ring (bicyclic) bond motifs is 1. The number of ether oxygens (including phenoxy) is 2. The quantitative estimate of drug-likeness (QED) is 0.889. The van der Waals surface area contributed by atoms with Crippen LogP contribution < -0.4 is 20.5 Å². The second-order valence-electron chi connectivity index (χ2n) is 5.52. The average Bonchev–Trinajstić information content (AvgIpc) is 3.28. The van der Waals surface area contributed by atoms with E-state index in [1.807, 2.05) is 18.2 Å². The highest BCUT2D eigenvalue weighted by Crippen LogP contribution is 2.43. The van der Waals surface area contributed by atoms with Crippen molar-refractivity contribution in [3.8, 4) is 11.5 Å². The second kappa shape index (κ2) is 6.54. The van der Waals surface area contributed by atoms with Gasteiger partial charge in [0.15, 0.2) is 11.5 Å². The molecule has 1 saturated carbocycles. The molecule has 1 fully saturated rings. The molecule has 0 saturated heterocycles. The van der Waals surface area contributed by atoms with Crippen LogP contribution in [0.4, 0.5) is 0 Å². The van der Waals surface area contributed by atoms with Gasteiger partial charge in [-0.2, -0.15) is 0 Å². The van der Waals surface area contributed by atoms with Crippen LogP contribution in [0.15, 0.2) is 18.2 Å². The van der Waals surface area contributed by atoms with Crippen molar-refractivity contribution in [3.63, 3.8) is 0 Å². The van der Waals surface area contributed by atoms with Crippen molar-refractivity contribution in [2.24, 2.45) is 11.7 Å². The molecule has 1 unspecified atom stereocenters. The zero-order valence-corrected chi connectivity index (χ0v) is 12.8. The molecular weight excluding hydrogens is 292 g/mol. The fourth-order valence-electron chi connectivity index (χ4n) is 2.44. The predicted molar refractivity (Wildman–Crippen MR) is 81.9 cm³/mol. The van der Waals surface area contributed by atoms with Crippen molar-refractivity contribution in [2.45, 2.75) is 31.8 Å². The Balaban J connectivity index is 0.00000161. The number of halogens is 1. The van der Waals surface area contributed by atoms with Crippen LogP contribution in [0, 0.1) is 5.92 Å². The molecule has 5 nitrogen and oxygen atoms in total. The van der Waals surface area contributed by atoms with Crippen LogP contribution >= 0.6 is 12.4 Å². The molecule has 1 aliphatic heterocycles. The molecule has 3 rings (SSSR count). The summed E-state index contributed by atoms with van der Waals surface area (Å²) in [6, 6.07) is 5.41. The monoisotopic (exact) mass is 312 g/mol. The number of nitrogens with two attached hydrogens (primary N) is 1. The summed E-state index contributed by atoms with van der Waals surface area (Å²) in [4.78, 5) is 11.9. The maximum Gasteiger partial charge on any atom is 0.237 e. The van der Waals surface area contributed by atoms with E-state index in [2.05, 4.69) is 5.32 Å². The molecule has 1 amide bonds. The number of benzene rings is 1. The highest BCUT2D eigenvalue weighted by Gasteiger charge is 2.34. The molecule has 1 aromatic carbocycles. The summed E-state index contributed by atoms with van der Waals surface area (Å²) < 4.78 is 11.1. The van der Waals surface area contributed by atoms with Gasteiger partial charge >= 0.3 is 0 Å². The smallest absolute Gasteiger partial charge is 0.237 e. The summed E-state index contributed by atoms with van der Waals surface area (Å²) in [6.07, 6.45) is 2.27. The van der Waals surface area contributed by atoms with E-state index in [1.165, 1.54) is 0 Å². The maximum atomic E-state index is 11.9. The Hall–Kier alpha value is -1.46. The fraction of sp³-hybridized carbons (Fsp3) is 0.533. The Morgan fingerprint density at radius 3 is 2.57 bits per heavy atom. The van der Waals surface area contributed by atoms with Crippen molar-refractivity contribution in [2.75, 3.05) is 13.2 Å². The van der Waals surface area contributed by atoms with Gasteiger partial charge < -0.3 is 20.5 Å². The molecule has 2 atom stereocenters. The average molecular weight is 313 g/mol. The Bertz CT molecular complexity index is 518. The number of carbonyl (C=O) groups excluding carboxylic acids is 1. The fourth-order valence-corrected chi connectivity index (χ4v) is 2.44. The lowest BCUT2D eigenvalue weighted by Gasteiger charge is -2.23. The Kier molecular flexibility index (Phi) is 4.96. The minimum atomic E-state index is -0.492. The first-order chi connectivity index (χ1) is 9.65. The van der Waals surface area contributed by atoms with Gasteiger partial charge in [0.05, 0.1) is 12.1 Å². The summed E-state index contributed by atoms with van der Waals surface area (Å²) in [7, 11) is 0. The molecule has 1 aromatic rings. The Morgan fingerprint density at radius 1 is 1.29 bits per heavy atom. The van der Waals surface area contributed by atoms with Gasteiger partial charge in [0.1, 0.15) is 13.2 Å². The van der Waals surface area contributed by atoms with E-state index in [4.69, 9.17) is 15.2 Å². The molecular formula is C15H21ClN2O3. The van der Waals surface area contributed by atoms with Gasteiger partial charge in [-0.25, -0.2) is 0 Å². The molecule has 1 heterocycles. The summed E-state index contributed by atoms with van der Waals surface area (Å²) >= 11 is 0. The molecule has 3 N–H and O–H groups in total. The van der Waals surface area contributed by atoms with Crippen LogP contribution in [-0.4, -0.2) is 25.2 Å². The third kappa shape index (κ3) is 3.60. The lowest BCUT2D eigenvalue weighted by atomic mass is 10.0. The first-order valence-electron chi connectivity index (χ1n) is 7.10. The van der Waals surface area contributed by atoms with E-state index in [-0.39, 0.29) is 24.4 Å². The number of nitrogens with one attached hydrogen (secondary N) is 1. The molecule has 21 heavy (non-hydrogen) atoms. The van der Waals surface area contributed by atoms with Crippen molar-refractivity contribution in [3.05, 3.63) is 23.8 Å². The largest absolute Gasteiger partial charge is 0.486 e. The van der Waals surface area contributed by atoms with Crippen LogP contribution in [0.3, 0.4) is 0 Å². The highest BCUT2D eigenvalue weighted by atomic mass is 35.5. The molecule has 116 valence electrons. The summed E-state index contributed by atoms with van der Waals surface area (Å²) in [5.74, 6) is 1.92. The molecule has 0 aromatic heterocycles. The molecule has 0 spiro atoms. The van der Waals surface area contributed by atoms with Crippen molar-refractivity contribution >= 4 is 18.3 Å². The van der Waals surface area contributed by atoms with Gasteiger partial charge in [-0.05, 0) is 43.4 Å². The summed E-state index contributed by atoms with van der Waals surface area (Å²) in [5.41, 5.74) is 6.70. The van der Waals surface area contributed by atoms with E-state index in [9.17, 15) is 4.79 Å².